The Morgan fingerprint density at radius 2 is 1.91 bits per heavy atom. The van der Waals surface area contributed by atoms with Gasteiger partial charge in [0.25, 0.3) is 0 Å². The van der Waals surface area contributed by atoms with Crippen LogP contribution in [0.25, 0.3) is 0 Å². The van der Waals surface area contributed by atoms with Crippen molar-refractivity contribution < 1.29 is 4.39 Å². The van der Waals surface area contributed by atoms with Crippen molar-refractivity contribution in [1.29, 1.82) is 0 Å². The average Bonchev–Trinajstić information content (AvgIpc) is 3.24. The van der Waals surface area contributed by atoms with Crippen molar-refractivity contribution in [1.82, 2.24) is 9.97 Å². The van der Waals surface area contributed by atoms with Gasteiger partial charge in [0.1, 0.15) is 11.6 Å². The van der Waals surface area contributed by atoms with E-state index in [1.165, 1.54) is 6.07 Å². The van der Waals surface area contributed by atoms with E-state index in [2.05, 4.69) is 57.3 Å². The number of halogens is 2. The first kappa shape index (κ1) is 16.2. The van der Waals surface area contributed by atoms with Gasteiger partial charge < -0.3 is 10.6 Å². The molecule has 122 valence electrons. The molecule has 2 N–H and O–H groups in total. The second kappa shape index (κ2) is 6.07. The molecule has 1 aliphatic carbocycles. The molecule has 3 rings (SSSR count). The molecule has 0 unspecified atom stereocenters. The van der Waals surface area contributed by atoms with Gasteiger partial charge in [0.2, 0.25) is 5.95 Å². The summed E-state index contributed by atoms with van der Waals surface area (Å²) in [6.45, 7) is 6.17. The topological polar surface area (TPSA) is 49.8 Å². The number of nitrogens with one attached hydrogen (secondary N) is 2. The van der Waals surface area contributed by atoms with Gasteiger partial charge in [-0.05, 0) is 51.8 Å². The zero-order chi connectivity index (χ0) is 16.6. The minimum Gasteiger partial charge on any atom is -0.350 e. The Kier molecular flexibility index (Phi) is 4.27. The molecule has 1 fully saturated rings. The Morgan fingerprint density at radius 1 is 1.17 bits per heavy atom. The number of nitrogens with zero attached hydrogens (tertiary/aromatic N) is 2. The fourth-order valence-corrected chi connectivity index (χ4v) is 2.57. The van der Waals surface area contributed by atoms with Crippen LogP contribution in [0.4, 0.5) is 21.8 Å². The van der Waals surface area contributed by atoms with E-state index in [1.54, 1.807) is 12.1 Å². The van der Waals surface area contributed by atoms with Crippen LogP contribution in [-0.4, -0.2) is 15.5 Å². The molecule has 0 saturated heterocycles. The molecule has 1 aromatic carbocycles. The number of rotatable bonds is 4. The molecule has 1 aliphatic rings. The standard InChI is InChI=1S/C17H20BrFN4/c1-17(2,3)23-16-21-14(10-4-5-10)9-15(22-16)20-13-7-6-11(18)8-12(13)19/h6-10H,4-5H2,1-3H3,(H2,20,21,22,23). The molecule has 1 saturated carbocycles. The third-order valence-corrected chi connectivity index (χ3v) is 3.92. The van der Waals surface area contributed by atoms with Gasteiger partial charge in [0.05, 0.1) is 11.4 Å². The number of hydrogen-bond acceptors (Lipinski definition) is 4. The van der Waals surface area contributed by atoms with Crippen LogP contribution in [0.15, 0.2) is 28.7 Å². The van der Waals surface area contributed by atoms with E-state index in [4.69, 9.17) is 0 Å². The van der Waals surface area contributed by atoms with E-state index in [1.807, 2.05) is 6.07 Å². The lowest BCUT2D eigenvalue weighted by molar-refractivity contribution is 0.624. The number of benzene rings is 1. The maximum Gasteiger partial charge on any atom is 0.225 e. The molecular weight excluding hydrogens is 359 g/mol. The first-order valence-corrected chi connectivity index (χ1v) is 8.49. The summed E-state index contributed by atoms with van der Waals surface area (Å²) in [5, 5.41) is 6.35. The van der Waals surface area contributed by atoms with Gasteiger partial charge in [-0.25, -0.2) is 9.37 Å². The minimum absolute atomic E-state index is 0.137. The second-order valence-electron chi connectivity index (χ2n) is 6.90. The van der Waals surface area contributed by atoms with Crippen LogP contribution >= 0.6 is 15.9 Å². The molecule has 0 aliphatic heterocycles. The first-order chi connectivity index (χ1) is 10.8. The summed E-state index contributed by atoms with van der Waals surface area (Å²) in [4.78, 5) is 9.07. The zero-order valence-electron chi connectivity index (χ0n) is 13.5. The van der Waals surface area contributed by atoms with E-state index in [0.29, 0.717) is 27.8 Å². The Bertz CT molecular complexity index is 723. The van der Waals surface area contributed by atoms with Crippen LogP contribution in [0.1, 0.15) is 45.2 Å². The molecule has 0 spiro atoms. The molecule has 6 heteroatoms. The molecule has 0 amide bonds. The van der Waals surface area contributed by atoms with Gasteiger partial charge in [-0.15, -0.1) is 0 Å². The van der Waals surface area contributed by atoms with Crippen molar-refractivity contribution in [2.45, 2.75) is 45.1 Å². The minimum atomic E-state index is -0.323. The largest absolute Gasteiger partial charge is 0.350 e. The van der Waals surface area contributed by atoms with Gasteiger partial charge in [-0.1, -0.05) is 15.9 Å². The van der Waals surface area contributed by atoms with E-state index >= 15 is 0 Å². The quantitative estimate of drug-likeness (QED) is 0.766. The molecular formula is C17H20BrFN4. The van der Waals surface area contributed by atoms with E-state index in [0.717, 1.165) is 18.5 Å². The molecule has 23 heavy (non-hydrogen) atoms. The normalized spacial score (nSPS) is 14.7. The van der Waals surface area contributed by atoms with Crippen LogP contribution in [0.2, 0.25) is 0 Å². The van der Waals surface area contributed by atoms with Crippen molar-refractivity contribution in [2.75, 3.05) is 10.6 Å². The molecule has 2 aromatic rings. The van der Waals surface area contributed by atoms with Crippen molar-refractivity contribution in [3.05, 3.63) is 40.2 Å². The zero-order valence-corrected chi connectivity index (χ0v) is 15.0. The van der Waals surface area contributed by atoms with Crippen LogP contribution in [0.5, 0.6) is 0 Å². The predicted molar refractivity (Wildman–Crippen MR) is 94.8 cm³/mol. The Morgan fingerprint density at radius 3 is 2.52 bits per heavy atom. The lowest BCUT2D eigenvalue weighted by atomic mass is 10.1. The molecule has 0 atom stereocenters. The maximum absolute atomic E-state index is 14.0. The van der Waals surface area contributed by atoms with Crippen LogP contribution < -0.4 is 10.6 Å². The lowest BCUT2D eigenvalue weighted by Crippen LogP contribution is -2.27. The average molecular weight is 379 g/mol. The van der Waals surface area contributed by atoms with Crippen LogP contribution in [0.3, 0.4) is 0 Å². The predicted octanol–water partition coefficient (Wildman–Crippen LogP) is 5.21. The highest BCUT2D eigenvalue weighted by atomic mass is 79.9. The highest BCUT2D eigenvalue weighted by molar-refractivity contribution is 9.10. The van der Waals surface area contributed by atoms with E-state index in [-0.39, 0.29) is 11.4 Å². The van der Waals surface area contributed by atoms with Crippen LogP contribution in [-0.2, 0) is 0 Å². The van der Waals surface area contributed by atoms with Gasteiger partial charge in [-0.3, -0.25) is 0 Å². The van der Waals surface area contributed by atoms with Crippen LogP contribution in [0, 0.1) is 5.82 Å². The first-order valence-electron chi connectivity index (χ1n) is 7.69. The Balaban J connectivity index is 1.91. The summed E-state index contributed by atoms with van der Waals surface area (Å²) in [6, 6.07) is 6.82. The third kappa shape index (κ3) is 4.41. The summed E-state index contributed by atoms with van der Waals surface area (Å²) in [6.07, 6.45) is 2.30. The number of anilines is 3. The van der Waals surface area contributed by atoms with E-state index in [9.17, 15) is 4.39 Å². The van der Waals surface area contributed by atoms with Gasteiger partial charge in [-0.2, -0.15) is 4.98 Å². The second-order valence-corrected chi connectivity index (χ2v) is 7.82. The molecule has 1 aromatic heterocycles. The fraction of sp³-hybridized carbons (Fsp3) is 0.412. The summed E-state index contributed by atoms with van der Waals surface area (Å²) in [5.41, 5.74) is 1.27. The van der Waals surface area contributed by atoms with Gasteiger partial charge in [0, 0.05) is 22.0 Å². The highest BCUT2D eigenvalue weighted by Gasteiger charge is 2.27. The Labute approximate surface area is 144 Å². The monoisotopic (exact) mass is 378 g/mol. The van der Waals surface area contributed by atoms with Crippen molar-refractivity contribution in [2.24, 2.45) is 0 Å². The fourth-order valence-electron chi connectivity index (χ4n) is 2.24. The molecule has 1 heterocycles. The maximum atomic E-state index is 14.0. The number of aromatic nitrogens is 2. The van der Waals surface area contributed by atoms with E-state index < -0.39 is 0 Å². The van der Waals surface area contributed by atoms with Crippen molar-refractivity contribution >= 4 is 33.4 Å². The Hall–Kier alpha value is -1.69. The summed E-state index contributed by atoms with van der Waals surface area (Å²) in [7, 11) is 0. The summed E-state index contributed by atoms with van der Waals surface area (Å²) >= 11 is 3.26. The third-order valence-electron chi connectivity index (χ3n) is 3.42. The lowest BCUT2D eigenvalue weighted by Gasteiger charge is -2.21. The highest BCUT2D eigenvalue weighted by Crippen LogP contribution is 2.40. The smallest absolute Gasteiger partial charge is 0.225 e. The van der Waals surface area contributed by atoms with Crippen molar-refractivity contribution in [3.8, 4) is 0 Å². The number of hydrogen-bond donors (Lipinski definition) is 2. The molecule has 0 bridgehead atoms. The van der Waals surface area contributed by atoms with Gasteiger partial charge >= 0.3 is 0 Å². The molecule has 0 radical (unpaired) electrons. The summed E-state index contributed by atoms with van der Waals surface area (Å²) in [5.74, 6) is 1.35. The SMILES string of the molecule is CC(C)(C)Nc1nc(Nc2ccc(Br)cc2F)cc(C2CC2)n1. The molecule has 4 nitrogen and oxygen atoms in total. The van der Waals surface area contributed by atoms with Gasteiger partial charge in [0.15, 0.2) is 0 Å². The van der Waals surface area contributed by atoms with Crippen molar-refractivity contribution in [3.63, 3.8) is 0 Å². The summed E-state index contributed by atoms with van der Waals surface area (Å²) < 4.78 is 14.7.